The lowest BCUT2D eigenvalue weighted by Gasteiger charge is -2.05. The van der Waals surface area contributed by atoms with Gasteiger partial charge in [-0.1, -0.05) is 38.1 Å². The number of benzene rings is 1. The number of nitrogens with one attached hydrogen (secondary N) is 1. The number of rotatable bonds is 8. The molecule has 1 heterocycles. The van der Waals surface area contributed by atoms with Crippen LogP contribution in [0.3, 0.4) is 0 Å². The second-order valence-corrected chi connectivity index (χ2v) is 5.89. The number of carboxylic acids is 1. The summed E-state index contributed by atoms with van der Waals surface area (Å²) in [6.45, 7) is 4.42. The van der Waals surface area contributed by atoms with Crippen molar-refractivity contribution in [1.29, 1.82) is 0 Å². The van der Waals surface area contributed by atoms with Crippen LogP contribution in [0.15, 0.2) is 34.9 Å². The number of aromatic nitrogens is 1. The highest BCUT2D eigenvalue weighted by Gasteiger charge is 2.10. The van der Waals surface area contributed by atoms with Crippen LogP contribution in [-0.4, -0.2) is 28.5 Å². The molecule has 0 fully saturated rings. The number of carbonyl (C=O) groups excluding carboxylic acids is 1. The first kappa shape index (κ1) is 17.7. The largest absolute Gasteiger partial charge is 0.481 e. The molecule has 0 bridgehead atoms. The van der Waals surface area contributed by atoms with Crippen molar-refractivity contribution in [3.63, 3.8) is 0 Å². The summed E-state index contributed by atoms with van der Waals surface area (Å²) in [6, 6.07) is 8.13. The fraction of sp³-hybridized carbons (Fsp3) is 0.389. The number of oxazole rings is 1. The van der Waals surface area contributed by atoms with E-state index in [4.69, 9.17) is 9.52 Å². The number of hydrogen-bond acceptors (Lipinski definition) is 4. The van der Waals surface area contributed by atoms with E-state index in [-0.39, 0.29) is 25.3 Å². The Kier molecular flexibility index (Phi) is 6.12. The molecule has 0 spiro atoms. The number of amides is 1. The van der Waals surface area contributed by atoms with E-state index in [2.05, 4.69) is 36.3 Å². The van der Waals surface area contributed by atoms with Gasteiger partial charge in [0, 0.05) is 24.9 Å². The second kappa shape index (κ2) is 8.29. The van der Waals surface area contributed by atoms with Gasteiger partial charge in [-0.2, -0.15) is 0 Å². The number of nitrogens with zero attached hydrogens (tertiary/aromatic N) is 1. The highest BCUT2D eigenvalue weighted by atomic mass is 16.4. The fourth-order valence-electron chi connectivity index (χ4n) is 2.21. The van der Waals surface area contributed by atoms with Gasteiger partial charge in [-0.15, -0.1) is 0 Å². The third-order valence-corrected chi connectivity index (χ3v) is 3.64. The van der Waals surface area contributed by atoms with Crippen LogP contribution in [0.25, 0.3) is 11.3 Å². The van der Waals surface area contributed by atoms with Crippen molar-refractivity contribution in [2.24, 2.45) is 0 Å². The zero-order valence-corrected chi connectivity index (χ0v) is 13.9. The Balaban J connectivity index is 1.86. The third-order valence-electron chi connectivity index (χ3n) is 3.64. The van der Waals surface area contributed by atoms with E-state index in [1.54, 1.807) is 6.20 Å². The third kappa shape index (κ3) is 5.22. The van der Waals surface area contributed by atoms with E-state index in [1.807, 2.05) is 12.1 Å². The molecular weight excluding hydrogens is 308 g/mol. The van der Waals surface area contributed by atoms with E-state index in [0.717, 1.165) is 5.56 Å². The van der Waals surface area contributed by atoms with Gasteiger partial charge in [0.15, 0.2) is 11.7 Å². The minimum atomic E-state index is -0.934. The predicted molar refractivity (Wildman–Crippen MR) is 89.6 cm³/mol. The molecule has 1 amide bonds. The Bertz CT molecular complexity index is 689. The van der Waals surface area contributed by atoms with Crippen LogP contribution >= 0.6 is 0 Å². The lowest BCUT2D eigenvalue weighted by Crippen LogP contribution is -2.26. The quantitative estimate of drug-likeness (QED) is 0.776. The zero-order valence-electron chi connectivity index (χ0n) is 13.9. The van der Waals surface area contributed by atoms with Gasteiger partial charge in [0.25, 0.3) is 0 Å². The predicted octanol–water partition coefficient (Wildman–Crippen LogP) is 2.99. The molecule has 0 saturated heterocycles. The van der Waals surface area contributed by atoms with E-state index in [0.29, 0.717) is 24.0 Å². The molecule has 0 saturated carbocycles. The van der Waals surface area contributed by atoms with Gasteiger partial charge in [0.2, 0.25) is 5.91 Å². The lowest BCUT2D eigenvalue weighted by molar-refractivity contribution is -0.136. The highest BCUT2D eigenvalue weighted by molar-refractivity contribution is 5.76. The van der Waals surface area contributed by atoms with Crippen LogP contribution in [0.5, 0.6) is 0 Å². The Morgan fingerprint density at radius 1 is 1.21 bits per heavy atom. The molecule has 0 aliphatic heterocycles. The Hall–Kier alpha value is -2.63. The molecule has 128 valence electrons. The number of aliphatic carboxylic acids is 1. The molecule has 6 heteroatoms. The molecule has 2 rings (SSSR count). The molecule has 0 aliphatic carbocycles. The summed E-state index contributed by atoms with van der Waals surface area (Å²) < 4.78 is 5.68. The van der Waals surface area contributed by atoms with Gasteiger partial charge in [-0.05, 0) is 11.5 Å². The number of carbonyl (C=O) groups is 2. The van der Waals surface area contributed by atoms with E-state index < -0.39 is 5.97 Å². The molecule has 0 radical (unpaired) electrons. The van der Waals surface area contributed by atoms with Crippen molar-refractivity contribution >= 4 is 11.9 Å². The van der Waals surface area contributed by atoms with Gasteiger partial charge in [-0.25, -0.2) is 4.98 Å². The van der Waals surface area contributed by atoms with Crippen molar-refractivity contribution in [2.75, 3.05) is 6.54 Å². The summed E-state index contributed by atoms with van der Waals surface area (Å²) in [6.07, 6.45) is 2.16. The molecule has 0 unspecified atom stereocenters. The van der Waals surface area contributed by atoms with Crippen LogP contribution in [0.1, 0.15) is 44.1 Å². The summed E-state index contributed by atoms with van der Waals surface area (Å²) in [5, 5.41) is 11.1. The standard InChI is InChI=1S/C18H22N2O4/c1-12(2)13-3-5-14(6-4-13)15-11-20-17(24-15)8-7-16(21)19-10-9-18(22)23/h3-6,11-12H,7-10H2,1-2H3,(H,19,21)(H,22,23). The lowest BCUT2D eigenvalue weighted by atomic mass is 10.0. The van der Waals surface area contributed by atoms with Crippen LogP contribution in [0, 0.1) is 0 Å². The maximum atomic E-state index is 11.6. The monoisotopic (exact) mass is 330 g/mol. The van der Waals surface area contributed by atoms with E-state index in [9.17, 15) is 9.59 Å². The van der Waals surface area contributed by atoms with E-state index in [1.165, 1.54) is 5.56 Å². The first-order chi connectivity index (χ1) is 11.5. The summed E-state index contributed by atoms with van der Waals surface area (Å²) in [5.41, 5.74) is 2.21. The molecule has 0 aliphatic rings. The molecule has 2 N–H and O–H groups in total. The number of carboxylic acid groups (broad SMARTS) is 1. The summed E-state index contributed by atoms with van der Waals surface area (Å²) >= 11 is 0. The summed E-state index contributed by atoms with van der Waals surface area (Å²) in [5.74, 6) is 0.496. The van der Waals surface area contributed by atoms with Gasteiger partial charge in [0.1, 0.15) is 0 Å². The van der Waals surface area contributed by atoms with Crippen LogP contribution < -0.4 is 5.32 Å². The molecular formula is C18H22N2O4. The normalized spacial score (nSPS) is 10.8. The highest BCUT2D eigenvalue weighted by Crippen LogP contribution is 2.23. The van der Waals surface area contributed by atoms with Crippen LogP contribution in [-0.2, 0) is 16.0 Å². The maximum Gasteiger partial charge on any atom is 0.305 e. The first-order valence-corrected chi connectivity index (χ1v) is 7.99. The molecule has 2 aromatic rings. The van der Waals surface area contributed by atoms with Crippen molar-refractivity contribution in [2.45, 2.75) is 39.0 Å². The molecule has 1 aromatic carbocycles. The molecule has 24 heavy (non-hydrogen) atoms. The molecule has 1 aromatic heterocycles. The topological polar surface area (TPSA) is 92.4 Å². The molecule has 6 nitrogen and oxygen atoms in total. The number of aryl methyl sites for hydroxylation is 1. The van der Waals surface area contributed by atoms with Crippen molar-refractivity contribution in [3.8, 4) is 11.3 Å². The SMILES string of the molecule is CC(C)c1ccc(-c2cnc(CCC(=O)NCCC(=O)O)o2)cc1. The minimum Gasteiger partial charge on any atom is -0.481 e. The zero-order chi connectivity index (χ0) is 17.5. The van der Waals surface area contributed by atoms with Crippen molar-refractivity contribution in [1.82, 2.24) is 10.3 Å². The van der Waals surface area contributed by atoms with Crippen LogP contribution in [0.2, 0.25) is 0 Å². The summed E-state index contributed by atoms with van der Waals surface area (Å²) in [7, 11) is 0. The second-order valence-electron chi connectivity index (χ2n) is 5.89. The van der Waals surface area contributed by atoms with Gasteiger partial charge in [-0.3, -0.25) is 9.59 Å². The maximum absolute atomic E-state index is 11.6. The number of hydrogen-bond donors (Lipinski definition) is 2. The smallest absolute Gasteiger partial charge is 0.305 e. The van der Waals surface area contributed by atoms with Crippen LogP contribution in [0.4, 0.5) is 0 Å². The van der Waals surface area contributed by atoms with Crippen molar-refractivity contribution in [3.05, 3.63) is 41.9 Å². The Morgan fingerprint density at radius 3 is 2.54 bits per heavy atom. The van der Waals surface area contributed by atoms with Gasteiger partial charge < -0.3 is 14.8 Å². The van der Waals surface area contributed by atoms with Gasteiger partial charge >= 0.3 is 5.97 Å². The summed E-state index contributed by atoms with van der Waals surface area (Å²) in [4.78, 5) is 26.2. The van der Waals surface area contributed by atoms with Gasteiger partial charge in [0.05, 0.1) is 12.6 Å². The van der Waals surface area contributed by atoms with Crippen molar-refractivity contribution < 1.29 is 19.1 Å². The average Bonchev–Trinajstić information content (AvgIpc) is 3.01. The minimum absolute atomic E-state index is 0.0821. The molecule has 0 atom stereocenters. The Morgan fingerprint density at radius 2 is 1.92 bits per heavy atom. The fourth-order valence-corrected chi connectivity index (χ4v) is 2.21. The average molecular weight is 330 g/mol. The Labute approximate surface area is 140 Å². The first-order valence-electron chi connectivity index (χ1n) is 7.99. The van der Waals surface area contributed by atoms with E-state index >= 15 is 0 Å².